The summed E-state index contributed by atoms with van der Waals surface area (Å²) in [6.45, 7) is 4.81. The first-order valence-electron chi connectivity index (χ1n) is 10.7. The number of hydrogen-bond donors (Lipinski definition) is 2. The van der Waals surface area contributed by atoms with E-state index in [0.29, 0.717) is 16.0 Å². The minimum atomic E-state index is -0.0360. The van der Waals surface area contributed by atoms with Crippen molar-refractivity contribution in [1.82, 2.24) is 15.6 Å². The van der Waals surface area contributed by atoms with Crippen molar-refractivity contribution in [2.75, 3.05) is 19.6 Å². The number of carbonyl (C=O) groups excluding carboxylic acids is 1. The van der Waals surface area contributed by atoms with Crippen molar-refractivity contribution in [1.29, 1.82) is 0 Å². The van der Waals surface area contributed by atoms with Gasteiger partial charge in [-0.15, -0.1) is 0 Å². The van der Waals surface area contributed by atoms with E-state index in [-0.39, 0.29) is 5.91 Å². The average Bonchev–Trinajstić information content (AvgIpc) is 2.63. The molecular weight excluding hydrogens is 358 g/mol. The highest BCUT2D eigenvalue weighted by molar-refractivity contribution is 6.34. The lowest BCUT2D eigenvalue weighted by Crippen LogP contribution is -2.51. The number of halogens is 1. The molecule has 1 amide bonds. The zero-order valence-corrected chi connectivity index (χ0v) is 17.2. The fourth-order valence-electron chi connectivity index (χ4n) is 6.26. The van der Waals surface area contributed by atoms with Gasteiger partial charge in [0.25, 0.3) is 5.91 Å². The molecular formula is C22H32ClN3O. The monoisotopic (exact) mass is 389 g/mol. The minimum Gasteiger partial charge on any atom is -0.351 e. The molecule has 1 heterocycles. The molecule has 0 saturated heterocycles. The third kappa shape index (κ3) is 4.17. The van der Waals surface area contributed by atoms with Crippen molar-refractivity contribution in [3.05, 3.63) is 28.5 Å². The molecule has 148 valence electrons. The van der Waals surface area contributed by atoms with Gasteiger partial charge in [-0.25, -0.2) is 0 Å². The maximum Gasteiger partial charge on any atom is 0.252 e. The van der Waals surface area contributed by atoms with Crippen molar-refractivity contribution in [2.24, 2.45) is 23.2 Å². The molecule has 0 radical (unpaired) electrons. The first-order chi connectivity index (χ1) is 13.1. The van der Waals surface area contributed by atoms with Crippen molar-refractivity contribution in [3.63, 3.8) is 0 Å². The summed E-state index contributed by atoms with van der Waals surface area (Å²) in [6, 6.07) is 1.76. The number of rotatable bonds is 8. The number of aromatic nitrogens is 1. The number of nitrogens with zero attached hydrogens (tertiary/aromatic N) is 1. The summed E-state index contributed by atoms with van der Waals surface area (Å²) in [5.74, 6) is 2.68. The topological polar surface area (TPSA) is 54.0 Å². The first kappa shape index (κ1) is 19.2. The summed E-state index contributed by atoms with van der Waals surface area (Å²) in [4.78, 5) is 17.2. The Morgan fingerprint density at radius 1 is 1.22 bits per heavy atom. The van der Waals surface area contributed by atoms with Gasteiger partial charge in [0.15, 0.2) is 0 Å². The standard InChI is InChI=1S/C22H32ClN3O/c1-2-24-6-3-4-19-20(23)18(5-7-25-19)21(27)26-14-22-11-15-8-16(12-22)10-17(9-15)13-22/h5,7,15-17,24H,2-4,6,8-14H2,1H3,(H,26,27). The molecule has 0 atom stereocenters. The van der Waals surface area contributed by atoms with Crippen LogP contribution in [0.2, 0.25) is 5.02 Å². The summed E-state index contributed by atoms with van der Waals surface area (Å²) < 4.78 is 0. The zero-order chi connectivity index (χ0) is 18.9. The predicted octanol–water partition coefficient (Wildman–Crippen LogP) is 4.22. The number of aryl methyl sites for hydroxylation is 1. The minimum absolute atomic E-state index is 0.0360. The van der Waals surface area contributed by atoms with Gasteiger partial charge >= 0.3 is 0 Å². The van der Waals surface area contributed by atoms with Crippen molar-refractivity contribution in [2.45, 2.75) is 58.3 Å². The average molecular weight is 390 g/mol. The number of hydrogen-bond acceptors (Lipinski definition) is 3. The van der Waals surface area contributed by atoms with E-state index in [1.807, 2.05) is 0 Å². The number of carbonyl (C=O) groups is 1. The van der Waals surface area contributed by atoms with Gasteiger partial charge in [0, 0.05) is 12.7 Å². The second kappa shape index (κ2) is 8.08. The summed E-state index contributed by atoms with van der Waals surface area (Å²) in [6.07, 6.45) is 11.7. The molecule has 4 fully saturated rings. The lowest BCUT2D eigenvalue weighted by molar-refractivity contribution is -0.0503. The van der Waals surface area contributed by atoms with Crippen LogP contribution >= 0.6 is 11.6 Å². The molecule has 0 aliphatic heterocycles. The van der Waals surface area contributed by atoms with E-state index in [9.17, 15) is 4.79 Å². The van der Waals surface area contributed by atoms with Crippen molar-refractivity contribution >= 4 is 17.5 Å². The number of pyridine rings is 1. The number of amides is 1. The van der Waals surface area contributed by atoms with Crippen molar-refractivity contribution in [3.8, 4) is 0 Å². The van der Waals surface area contributed by atoms with Crippen molar-refractivity contribution < 1.29 is 4.79 Å². The van der Waals surface area contributed by atoms with Gasteiger partial charge in [-0.05, 0) is 93.7 Å². The van der Waals surface area contributed by atoms with Crippen LogP contribution in [0, 0.1) is 23.2 Å². The second-order valence-corrected chi connectivity index (χ2v) is 9.55. The molecule has 27 heavy (non-hydrogen) atoms. The predicted molar refractivity (Wildman–Crippen MR) is 109 cm³/mol. The van der Waals surface area contributed by atoms with Gasteiger partial charge in [0.05, 0.1) is 16.3 Å². The third-order valence-corrected chi connectivity index (χ3v) is 7.43. The Kier molecular flexibility index (Phi) is 5.75. The van der Waals surface area contributed by atoms with Crippen LogP contribution in [-0.4, -0.2) is 30.5 Å². The van der Waals surface area contributed by atoms with Gasteiger partial charge in [-0.3, -0.25) is 9.78 Å². The van der Waals surface area contributed by atoms with Crippen LogP contribution in [0.15, 0.2) is 12.3 Å². The normalized spacial score (nSPS) is 31.3. The van der Waals surface area contributed by atoms with E-state index in [1.165, 1.54) is 38.5 Å². The molecule has 0 spiro atoms. The Bertz CT molecular complexity index is 655. The smallest absolute Gasteiger partial charge is 0.252 e. The lowest BCUT2D eigenvalue weighted by Gasteiger charge is -2.56. The molecule has 5 heteroatoms. The zero-order valence-electron chi connectivity index (χ0n) is 16.4. The molecule has 4 bridgehead atoms. The Balaban J connectivity index is 1.37. The molecule has 5 rings (SSSR count). The summed E-state index contributed by atoms with van der Waals surface area (Å²) in [5.41, 5.74) is 1.75. The molecule has 4 nitrogen and oxygen atoms in total. The summed E-state index contributed by atoms with van der Waals surface area (Å²) >= 11 is 6.53. The summed E-state index contributed by atoms with van der Waals surface area (Å²) in [5, 5.41) is 7.07. The van der Waals surface area contributed by atoms with Crippen LogP contribution in [0.25, 0.3) is 0 Å². The van der Waals surface area contributed by atoms with E-state index in [0.717, 1.165) is 55.9 Å². The van der Waals surface area contributed by atoms with Crippen LogP contribution < -0.4 is 10.6 Å². The molecule has 1 aromatic rings. The van der Waals surface area contributed by atoms with E-state index >= 15 is 0 Å². The Morgan fingerprint density at radius 3 is 2.52 bits per heavy atom. The third-order valence-electron chi connectivity index (χ3n) is 7.01. The lowest BCUT2D eigenvalue weighted by atomic mass is 9.49. The highest BCUT2D eigenvalue weighted by Crippen LogP contribution is 2.59. The fraction of sp³-hybridized carbons (Fsp3) is 0.727. The van der Waals surface area contributed by atoms with Crippen LogP contribution in [-0.2, 0) is 6.42 Å². The van der Waals surface area contributed by atoms with Gasteiger partial charge in [-0.1, -0.05) is 18.5 Å². The Hall–Kier alpha value is -1.13. The Labute approximate surface area is 167 Å². The van der Waals surface area contributed by atoms with E-state index in [4.69, 9.17) is 11.6 Å². The van der Waals surface area contributed by atoms with Crippen LogP contribution in [0.4, 0.5) is 0 Å². The first-order valence-corrected chi connectivity index (χ1v) is 11.1. The molecule has 2 N–H and O–H groups in total. The van der Waals surface area contributed by atoms with E-state index in [1.54, 1.807) is 12.3 Å². The number of nitrogens with one attached hydrogen (secondary N) is 2. The molecule has 4 aliphatic rings. The van der Waals surface area contributed by atoms with Gasteiger partial charge in [-0.2, -0.15) is 0 Å². The molecule has 4 aliphatic carbocycles. The van der Waals surface area contributed by atoms with Crippen LogP contribution in [0.3, 0.4) is 0 Å². The van der Waals surface area contributed by atoms with Gasteiger partial charge in [0.1, 0.15) is 0 Å². The van der Waals surface area contributed by atoms with Crippen LogP contribution in [0.5, 0.6) is 0 Å². The van der Waals surface area contributed by atoms with Gasteiger partial charge < -0.3 is 10.6 Å². The van der Waals surface area contributed by atoms with Crippen LogP contribution in [0.1, 0.15) is 67.9 Å². The summed E-state index contributed by atoms with van der Waals surface area (Å²) in [7, 11) is 0. The maximum absolute atomic E-state index is 12.9. The molecule has 1 aromatic heterocycles. The maximum atomic E-state index is 12.9. The highest BCUT2D eigenvalue weighted by atomic mass is 35.5. The largest absolute Gasteiger partial charge is 0.351 e. The molecule has 0 aromatic carbocycles. The van der Waals surface area contributed by atoms with Gasteiger partial charge in [0.2, 0.25) is 0 Å². The molecule has 4 saturated carbocycles. The molecule has 0 unspecified atom stereocenters. The highest BCUT2D eigenvalue weighted by Gasteiger charge is 2.50. The fourth-order valence-corrected chi connectivity index (χ4v) is 6.56. The van der Waals surface area contributed by atoms with E-state index in [2.05, 4.69) is 22.5 Å². The Morgan fingerprint density at radius 2 is 1.89 bits per heavy atom. The second-order valence-electron chi connectivity index (χ2n) is 9.18. The van der Waals surface area contributed by atoms with E-state index < -0.39 is 0 Å². The SMILES string of the molecule is CCNCCCc1nccc(C(=O)NCC23CC4CC(CC(C4)C2)C3)c1Cl. The quantitative estimate of drug-likeness (QED) is 0.654.